The summed E-state index contributed by atoms with van der Waals surface area (Å²) in [6.07, 6.45) is -0.686. The minimum absolute atomic E-state index is 0.376. The highest BCUT2D eigenvalue weighted by molar-refractivity contribution is 6.13. The van der Waals surface area contributed by atoms with Gasteiger partial charge in [-0.3, -0.25) is 10.1 Å². The van der Waals surface area contributed by atoms with E-state index in [0.29, 0.717) is 11.1 Å². The van der Waals surface area contributed by atoms with E-state index in [1.165, 1.54) is 0 Å². The zero-order valence-corrected chi connectivity index (χ0v) is 9.90. The molecule has 0 radical (unpaired) electrons. The minimum Gasteiger partial charge on any atom is -0.313 e. The van der Waals surface area contributed by atoms with E-state index in [1.54, 1.807) is 6.07 Å². The number of aryl methyl sites for hydroxylation is 2. The molecule has 1 unspecified atom stereocenters. The third-order valence-electron chi connectivity index (χ3n) is 3.22. The quantitative estimate of drug-likeness (QED) is 0.720. The van der Waals surface area contributed by atoms with Crippen LogP contribution in [0.4, 0.5) is 9.59 Å². The number of benzene rings is 1. The summed E-state index contributed by atoms with van der Waals surface area (Å²) in [5.41, 5.74) is 3.02. The minimum atomic E-state index is -0.686. The second-order valence-electron chi connectivity index (χ2n) is 4.52. The number of nitrogens with zero attached hydrogens (tertiary/aromatic N) is 1. The molecule has 1 saturated heterocycles. The van der Waals surface area contributed by atoms with Crippen LogP contribution in [0.1, 0.15) is 33.2 Å². The standard InChI is InChI=1S/C12H11N3O3/c1-5-3-6(2)8-7(4-5)10(16)15-9(8)13-11(17)14-12(15)18/h3-4,9H,1-2H3,(H2,13,14,17,18). The van der Waals surface area contributed by atoms with Gasteiger partial charge in [0.05, 0.1) is 0 Å². The molecule has 6 heteroatoms. The van der Waals surface area contributed by atoms with Crippen LogP contribution in [0, 0.1) is 13.8 Å². The Morgan fingerprint density at radius 3 is 2.61 bits per heavy atom. The van der Waals surface area contributed by atoms with E-state index in [0.717, 1.165) is 16.0 Å². The van der Waals surface area contributed by atoms with Gasteiger partial charge in [-0.2, -0.15) is 0 Å². The van der Waals surface area contributed by atoms with Crippen molar-refractivity contribution >= 4 is 18.0 Å². The molecule has 2 N–H and O–H groups in total. The van der Waals surface area contributed by atoms with Gasteiger partial charge < -0.3 is 5.32 Å². The molecular weight excluding hydrogens is 234 g/mol. The predicted molar refractivity (Wildman–Crippen MR) is 61.9 cm³/mol. The lowest BCUT2D eigenvalue weighted by molar-refractivity contribution is 0.0748. The molecule has 1 atom stereocenters. The SMILES string of the molecule is Cc1cc(C)c2c(c1)C(=O)N1C(=O)NC(=O)NC21. The topological polar surface area (TPSA) is 78.5 Å². The van der Waals surface area contributed by atoms with Crippen molar-refractivity contribution < 1.29 is 14.4 Å². The number of imide groups is 2. The maximum absolute atomic E-state index is 12.2. The monoisotopic (exact) mass is 245 g/mol. The smallest absolute Gasteiger partial charge is 0.313 e. The molecule has 0 aromatic heterocycles. The maximum atomic E-state index is 12.2. The Morgan fingerprint density at radius 2 is 1.89 bits per heavy atom. The van der Waals surface area contributed by atoms with E-state index in [1.807, 2.05) is 19.9 Å². The molecule has 2 aliphatic heterocycles. The Morgan fingerprint density at radius 1 is 1.17 bits per heavy atom. The fourth-order valence-corrected chi connectivity index (χ4v) is 2.56. The van der Waals surface area contributed by atoms with Gasteiger partial charge in [0.1, 0.15) is 6.17 Å². The van der Waals surface area contributed by atoms with Crippen LogP contribution in [0.2, 0.25) is 0 Å². The average molecular weight is 245 g/mol. The van der Waals surface area contributed by atoms with Gasteiger partial charge in [-0.25, -0.2) is 14.5 Å². The lowest BCUT2D eigenvalue weighted by atomic mass is 9.99. The Hall–Kier alpha value is -2.37. The number of hydrogen-bond acceptors (Lipinski definition) is 3. The number of rotatable bonds is 0. The zero-order chi connectivity index (χ0) is 13.0. The van der Waals surface area contributed by atoms with Gasteiger partial charge in [-0.1, -0.05) is 11.6 Å². The molecule has 6 nitrogen and oxygen atoms in total. The van der Waals surface area contributed by atoms with Gasteiger partial charge in [0.2, 0.25) is 0 Å². The van der Waals surface area contributed by atoms with Crippen molar-refractivity contribution in [3.05, 3.63) is 34.4 Å². The van der Waals surface area contributed by atoms with Crippen molar-refractivity contribution in [1.82, 2.24) is 15.5 Å². The summed E-state index contributed by atoms with van der Waals surface area (Å²) in [5.74, 6) is -0.376. The van der Waals surface area contributed by atoms with Crippen LogP contribution in [0.25, 0.3) is 0 Å². The second-order valence-corrected chi connectivity index (χ2v) is 4.52. The summed E-state index contributed by atoms with van der Waals surface area (Å²) >= 11 is 0. The molecule has 5 amide bonds. The molecule has 2 aliphatic rings. The summed E-state index contributed by atoms with van der Waals surface area (Å²) in [4.78, 5) is 36.2. The van der Waals surface area contributed by atoms with Crippen molar-refractivity contribution in [2.45, 2.75) is 20.0 Å². The fraction of sp³-hybridized carbons (Fsp3) is 0.250. The van der Waals surface area contributed by atoms with E-state index >= 15 is 0 Å². The highest BCUT2D eigenvalue weighted by Gasteiger charge is 2.45. The lowest BCUT2D eigenvalue weighted by Gasteiger charge is -2.29. The second kappa shape index (κ2) is 3.32. The molecule has 2 heterocycles. The first-order chi connectivity index (χ1) is 8.49. The lowest BCUT2D eigenvalue weighted by Crippen LogP contribution is -2.58. The van der Waals surface area contributed by atoms with E-state index in [9.17, 15) is 14.4 Å². The Kier molecular flexibility index (Phi) is 1.98. The third kappa shape index (κ3) is 1.25. The molecule has 1 fully saturated rings. The van der Waals surface area contributed by atoms with E-state index < -0.39 is 18.2 Å². The number of nitrogens with one attached hydrogen (secondary N) is 2. The fourth-order valence-electron chi connectivity index (χ4n) is 2.56. The van der Waals surface area contributed by atoms with Gasteiger partial charge in [0.25, 0.3) is 5.91 Å². The van der Waals surface area contributed by atoms with Gasteiger partial charge in [-0.15, -0.1) is 0 Å². The summed E-state index contributed by atoms with van der Waals surface area (Å²) in [6, 6.07) is 2.40. The Balaban J connectivity index is 2.21. The van der Waals surface area contributed by atoms with Crippen LogP contribution in [0.5, 0.6) is 0 Å². The number of fused-ring (bicyclic) bond motifs is 3. The summed E-state index contributed by atoms with van der Waals surface area (Å²) in [7, 11) is 0. The Labute approximate surface area is 103 Å². The predicted octanol–water partition coefficient (Wildman–Crippen LogP) is 1.19. The van der Waals surface area contributed by atoms with E-state index in [-0.39, 0.29) is 5.91 Å². The molecule has 0 saturated carbocycles. The third-order valence-corrected chi connectivity index (χ3v) is 3.22. The van der Waals surface area contributed by atoms with E-state index in [2.05, 4.69) is 10.6 Å². The van der Waals surface area contributed by atoms with Gasteiger partial charge in [0.15, 0.2) is 0 Å². The highest BCUT2D eigenvalue weighted by atomic mass is 16.2. The molecule has 18 heavy (non-hydrogen) atoms. The number of urea groups is 2. The highest BCUT2D eigenvalue weighted by Crippen LogP contribution is 2.36. The van der Waals surface area contributed by atoms with Gasteiger partial charge in [-0.05, 0) is 25.5 Å². The number of hydrogen-bond donors (Lipinski definition) is 2. The van der Waals surface area contributed by atoms with Crippen LogP contribution >= 0.6 is 0 Å². The summed E-state index contributed by atoms with van der Waals surface area (Å²) < 4.78 is 0. The molecule has 1 aromatic rings. The number of carbonyl (C=O) groups excluding carboxylic acids is 3. The average Bonchev–Trinajstić information content (AvgIpc) is 2.52. The van der Waals surface area contributed by atoms with Crippen molar-refractivity contribution in [2.24, 2.45) is 0 Å². The normalized spacial score (nSPS) is 21.3. The Bertz CT molecular complexity index is 609. The largest absolute Gasteiger partial charge is 0.334 e. The van der Waals surface area contributed by atoms with E-state index in [4.69, 9.17) is 0 Å². The molecule has 0 aliphatic carbocycles. The molecule has 92 valence electrons. The van der Waals surface area contributed by atoms with Crippen molar-refractivity contribution in [1.29, 1.82) is 0 Å². The van der Waals surface area contributed by atoms with Crippen LogP contribution in [0.15, 0.2) is 12.1 Å². The summed E-state index contributed by atoms with van der Waals surface area (Å²) in [5, 5.41) is 4.66. The van der Waals surface area contributed by atoms with Crippen LogP contribution in [0.3, 0.4) is 0 Å². The zero-order valence-electron chi connectivity index (χ0n) is 9.90. The first-order valence-corrected chi connectivity index (χ1v) is 5.55. The molecular formula is C12H11N3O3. The molecule has 3 rings (SSSR count). The van der Waals surface area contributed by atoms with Crippen LogP contribution in [-0.2, 0) is 0 Å². The first kappa shape index (κ1) is 10.8. The number of carbonyl (C=O) groups is 3. The van der Waals surface area contributed by atoms with Gasteiger partial charge >= 0.3 is 12.1 Å². The van der Waals surface area contributed by atoms with Crippen molar-refractivity contribution in [2.75, 3.05) is 0 Å². The van der Waals surface area contributed by atoms with Crippen LogP contribution in [-0.4, -0.2) is 22.9 Å². The first-order valence-electron chi connectivity index (χ1n) is 5.55. The number of amides is 5. The van der Waals surface area contributed by atoms with Crippen molar-refractivity contribution in [3.8, 4) is 0 Å². The molecule has 0 spiro atoms. The molecule has 1 aromatic carbocycles. The van der Waals surface area contributed by atoms with Crippen molar-refractivity contribution in [3.63, 3.8) is 0 Å². The maximum Gasteiger partial charge on any atom is 0.334 e. The molecule has 0 bridgehead atoms. The van der Waals surface area contributed by atoms with Gasteiger partial charge in [0, 0.05) is 11.1 Å². The summed E-state index contributed by atoms with van der Waals surface area (Å²) in [6.45, 7) is 3.75. The van der Waals surface area contributed by atoms with Crippen LogP contribution < -0.4 is 10.6 Å².